The molecule has 0 radical (unpaired) electrons. The Hall–Kier alpha value is -1.80. The molecule has 6 heteroatoms. The minimum absolute atomic E-state index is 0.166. The van der Waals surface area contributed by atoms with Gasteiger partial charge < -0.3 is 23.7 Å². The fourth-order valence-corrected chi connectivity index (χ4v) is 9.63. The van der Waals surface area contributed by atoms with E-state index in [0.717, 1.165) is 0 Å². The first kappa shape index (κ1) is 23.4. The largest absolute Gasteiger partial charge is 0.405 e. The number of rotatable bonds is 6. The van der Waals surface area contributed by atoms with Crippen molar-refractivity contribution in [3.8, 4) is 0 Å². The zero-order valence-corrected chi connectivity index (χ0v) is 20.6. The lowest BCUT2D eigenvalue weighted by Gasteiger charge is -2.43. The second-order valence-electron chi connectivity index (χ2n) is 10.1. The van der Waals surface area contributed by atoms with Crippen LogP contribution in [0, 0.1) is 0 Å². The van der Waals surface area contributed by atoms with E-state index in [4.69, 9.17) is 18.6 Å². The van der Waals surface area contributed by atoms with Crippen molar-refractivity contribution in [2.24, 2.45) is 0 Å². The van der Waals surface area contributed by atoms with Gasteiger partial charge in [0.05, 0.1) is 6.61 Å². The van der Waals surface area contributed by atoms with Crippen molar-refractivity contribution in [3.05, 3.63) is 73.3 Å². The number of aliphatic hydroxyl groups excluding tert-OH is 1. The van der Waals surface area contributed by atoms with Gasteiger partial charge >= 0.3 is 0 Å². The molecule has 4 atom stereocenters. The molecule has 2 aliphatic rings. The molecular formula is C26H34O5Si. The summed E-state index contributed by atoms with van der Waals surface area (Å²) in [5, 5.41) is 13.3. The van der Waals surface area contributed by atoms with Crippen LogP contribution in [0.3, 0.4) is 0 Å². The molecule has 172 valence electrons. The Bertz CT molecular complexity index is 900. The summed E-state index contributed by atoms with van der Waals surface area (Å²) in [5.41, 5.74) is 0. The van der Waals surface area contributed by atoms with Crippen LogP contribution in [0.1, 0.15) is 34.6 Å². The highest BCUT2D eigenvalue weighted by Crippen LogP contribution is 2.46. The van der Waals surface area contributed by atoms with Crippen LogP contribution in [0.2, 0.25) is 5.04 Å². The first-order valence-corrected chi connectivity index (χ1v) is 13.1. The van der Waals surface area contributed by atoms with Crippen molar-refractivity contribution in [2.75, 3.05) is 6.61 Å². The molecule has 2 aromatic carbocycles. The average molecular weight is 455 g/mol. The third-order valence-corrected chi connectivity index (χ3v) is 11.4. The van der Waals surface area contributed by atoms with Crippen LogP contribution in [0.5, 0.6) is 0 Å². The molecule has 0 saturated carbocycles. The molecule has 0 unspecified atom stereocenters. The molecule has 2 saturated heterocycles. The van der Waals surface area contributed by atoms with Crippen LogP contribution in [-0.2, 0) is 18.6 Å². The fraction of sp³-hybridized carbons (Fsp3) is 0.462. The minimum Gasteiger partial charge on any atom is -0.405 e. The Kier molecular flexibility index (Phi) is 5.99. The Balaban J connectivity index is 1.69. The maximum atomic E-state index is 11.1. The molecule has 2 fully saturated rings. The second-order valence-corrected chi connectivity index (χ2v) is 14.4. The summed E-state index contributed by atoms with van der Waals surface area (Å²) in [5.74, 6) is -2.04. The highest BCUT2D eigenvalue weighted by Gasteiger charge is 2.63. The molecule has 1 N–H and O–H groups in total. The van der Waals surface area contributed by atoms with E-state index in [1.165, 1.54) is 10.4 Å². The van der Waals surface area contributed by atoms with Gasteiger partial charge in [0.25, 0.3) is 8.32 Å². The average Bonchev–Trinajstić information content (AvgIpc) is 3.17. The van der Waals surface area contributed by atoms with Gasteiger partial charge in [0.15, 0.2) is 5.79 Å². The van der Waals surface area contributed by atoms with Crippen LogP contribution in [0.25, 0.3) is 0 Å². The molecule has 0 amide bonds. The summed E-state index contributed by atoms with van der Waals surface area (Å²) in [4.78, 5) is 0. The van der Waals surface area contributed by atoms with E-state index in [-0.39, 0.29) is 11.6 Å². The van der Waals surface area contributed by atoms with Crippen molar-refractivity contribution in [1.82, 2.24) is 0 Å². The fourth-order valence-electron chi connectivity index (χ4n) is 5.06. The predicted octanol–water partition coefficient (Wildman–Crippen LogP) is 3.36. The summed E-state index contributed by atoms with van der Waals surface area (Å²) in [6.07, 6.45) is -0.565. The third kappa shape index (κ3) is 3.79. The van der Waals surface area contributed by atoms with Gasteiger partial charge in [0.1, 0.15) is 18.3 Å². The summed E-state index contributed by atoms with van der Waals surface area (Å²) >= 11 is 0. The van der Waals surface area contributed by atoms with E-state index in [9.17, 15) is 5.11 Å². The summed E-state index contributed by atoms with van der Waals surface area (Å²) in [6.45, 7) is 14.4. The molecule has 4 rings (SSSR count). The van der Waals surface area contributed by atoms with Gasteiger partial charge in [-0.3, -0.25) is 0 Å². The second kappa shape index (κ2) is 8.20. The highest BCUT2D eigenvalue weighted by molar-refractivity contribution is 6.99. The molecule has 0 aliphatic carbocycles. The third-order valence-electron chi connectivity index (χ3n) is 6.40. The Morgan fingerprint density at radius 2 is 1.53 bits per heavy atom. The van der Waals surface area contributed by atoms with Crippen LogP contribution >= 0.6 is 0 Å². The first-order chi connectivity index (χ1) is 15.0. The molecule has 5 nitrogen and oxygen atoms in total. The zero-order chi connectivity index (χ0) is 23.2. The predicted molar refractivity (Wildman–Crippen MR) is 127 cm³/mol. The molecule has 2 heterocycles. The van der Waals surface area contributed by atoms with E-state index in [0.29, 0.717) is 0 Å². The lowest BCUT2D eigenvalue weighted by atomic mass is 10.1. The number of ether oxygens (including phenoxy) is 3. The lowest BCUT2D eigenvalue weighted by molar-refractivity contribution is -0.245. The summed E-state index contributed by atoms with van der Waals surface area (Å²) in [6, 6.07) is 20.8. The van der Waals surface area contributed by atoms with E-state index < -0.39 is 38.2 Å². The quantitative estimate of drug-likeness (QED) is 0.536. The number of hydrogen-bond donors (Lipinski definition) is 1. The van der Waals surface area contributed by atoms with E-state index >= 15 is 0 Å². The number of hydrogen-bond acceptors (Lipinski definition) is 5. The summed E-state index contributed by atoms with van der Waals surface area (Å²) < 4.78 is 25.1. The van der Waals surface area contributed by atoms with Crippen molar-refractivity contribution < 1.29 is 23.7 Å². The van der Waals surface area contributed by atoms with Crippen molar-refractivity contribution in [3.63, 3.8) is 0 Å². The SMILES string of the molecule is C=C[C@@]12O[C@@H](CO[Si](c3ccccc3)(c3ccccc3)C(C)(C)C)[C@@H](O)[C@@H]1OC(C)(C)O2. The van der Waals surface area contributed by atoms with Crippen molar-refractivity contribution in [1.29, 1.82) is 0 Å². The molecule has 0 bridgehead atoms. The first-order valence-electron chi connectivity index (χ1n) is 11.2. The Labute approximate surface area is 192 Å². The highest BCUT2D eigenvalue weighted by atomic mass is 28.4. The van der Waals surface area contributed by atoms with E-state index in [1.807, 2.05) is 12.1 Å². The van der Waals surface area contributed by atoms with Crippen molar-refractivity contribution >= 4 is 18.7 Å². The zero-order valence-electron chi connectivity index (χ0n) is 19.6. The standard InChI is InChI=1S/C26H34O5Si/c1-7-26-23(30-25(5,6)31-26)22(27)21(29-26)18-28-32(24(2,3)4,19-14-10-8-11-15-19)20-16-12-9-13-17-20/h7-17,21-23,27H,1,18H2,2-6H3/t21-,22+,23-,26-/m0/s1. The maximum Gasteiger partial charge on any atom is 0.261 e. The molecular weight excluding hydrogens is 420 g/mol. The van der Waals surface area contributed by atoms with Crippen LogP contribution in [-0.4, -0.2) is 49.9 Å². The van der Waals surface area contributed by atoms with Gasteiger partial charge in [-0.25, -0.2) is 0 Å². The number of fused-ring (bicyclic) bond motifs is 1. The lowest BCUT2D eigenvalue weighted by Crippen LogP contribution is -2.67. The van der Waals surface area contributed by atoms with Gasteiger partial charge in [-0.05, 0) is 35.3 Å². The topological polar surface area (TPSA) is 57.2 Å². The number of aliphatic hydroxyl groups is 1. The number of benzene rings is 2. The van der Waals surface area contributed by atoms with Gasteiger partial charge in [0, 0.05) is 0 Å². The normalized spacial score (nSPS) is 29.6. The molecule has 2 aliphatic heterocycles. The van der Waals surface area contributed by atoms with E-state index in [1.54, 1.807) is 19.9 Å². The smallest absolute Gasteiger partial charge is 0.261 e. The van der Waals surface area contributed by atoms with Crippen LogP contribution < -0.4 is 10.4 Å². The minimum atomic E-state index is -2.74. The van der Waals surface area contributed by atoms with Gasteiger partial charge in [0.2, 0.25) is 5.79 Å². The Morgan fingerprint density at radius 3 is 1.97 bits per heavy atom. The van der Waals surface area contributed by atoms with Crippen LogP contribution in [0.15, 0.2) is 73.3 Å². The van der Waals surface area contributed by atoms with Crippen LogP contribution in [0.4, 0.5) is 0 Å². The Morgan fingerprint density at radius 1 is 1.00 bits per heavy atom. The monoisotopic (exact) mass is 454 g/mol. The van der Waals surface area contributed by atoms with Gasteiger partial charge in [-0.2, -0.15) is 0 Å². The van der Waals surface area contributed by atoms with Crippen molar-refractivity contribution in [2.45, 2.75) is 69.5 Å². The molecule has 0 aromatic heterocycles. The molecule has 2 aromatic rings. The summed E-state index contributed by atoms with van der Waals surface area (Å²) in [7, 11) is -2.74. The molecule has 0 spiro atoms. The molecule has 32 heavy (non-hydrogen) atoms. The van der Waals surface area contributed by atoms with Gasteiger partial charge in [-0.15, -0.1) is 0 Å². The maximum absolute atomic E-state index is 11.1. The van der Waals surface area contributed by atoms with Gasteiger partial charge in [-0.1, -0.05) is 88.0 Å². The van der Waals surface area contributed by atoms with E-state index in [2.05, 4.69) is 75.9 Å².